The molecule has 1 aliphatic rings. The summed E-state index contributed by atoms with van der Waals surface area (Å²) in [6.07, 6.45) is 0.467. The summed E-state index contributed by atoms with van der Waals surface area (Å²) < 4.78 is 34.1. The number of nitrogens with zero attached hydrogens (tertiary/aromatic N) is 2. The minimum Gasteiger partial charge on any atom is -0.497 e. The number of carbonyl (C=O) groups is 1. The summed E-state index contributed by atoms with van der Waals surface area (Å²) in [5, 5.41) is 0. The number of carbonyl (C=O) groups excluding carboxylic acids is 1. The van der Waals surface area contributed by atoms with Gasteiger partial charge in [0.1, 0.15) is 5.75 Å². The molecule has 0 fully saturated rings. The lowest BCUT2D eigenvalue weighted by Gasteiger charge is -2.43. The van der Waals surface area contributed by atoms with Gasteiger partial charge in [-0.3, -0.25) is 9.10 Å². The third-order valence-electron chi connectivity index (χ3n) is 5.78. The summed E-state index contributed by atoms with van der Waals surface area (Å²) in [6, 6.07) is 22.7. The first kappa shape index (κ1) is 21.9. The van der Waals surface area contributed by atoms with Crippen LogP contribution in [0.1, 0.15) is 31.9 Å². The normalized spacial score (nSPS) is 18.0. The molecule has 32 heavy (non-hydrogen) atoms. The molecule has 3 aromatic rings. The van der Waals surface area contributed by atoms with Gasteiger partial charge < -0.3 is 9.64 Å². The van der Waals surface area contributed by atoms with E-state index in [1.54, 1.807) is 36.1 Å². The van der Waals surface area contributed by atoms with E-state index >= 15 is 0 Å². The molecule has 2 atom stereocenters. The van der Waals surface area contributed by atoms with Crippen molar-refractivity contribution >= 4 is 27.3 Å². The van der Waals surface area contributed by atoms with Crippen LogP contribution in [0.5, 0.6) is 5.75 Å². The Bertz CT molecular complexity index is 1230. The van der Waals surface area contributed by atoms with Crippen LogP contribution in [-0.2, 0) is 14.8 Å². The van der Waals surface area contributed by atoms with Crippen LogP contribution in [0.15, 0.2) is 83.8 Å². The molecule has 6 nitrogen and oxygen atoms in total. The number of ether oxygens (including phenoxy) is 1. The Morgan fingerprint density at radius 2 is 1.69 bits per heavy atom. The molecular formula is C25H26N2O4S. The Balaban J connectivity index is 1.83. The van der Waals surface area contributed by atoms with Crippen molar-refractivity contribution in [3.63, 3.8) is 0 Å². The van der Waals surface area contributed by atoms with Gasteiger partial charge in [-0.1, -0.05) is 42.5 Å². The van der Waals surface area contributed by atoms with Crippen LogP contribution < -0.4 is 13.9 Å². The van der Waals surface area contributed by atoms with Gasteiger partial charge in [0, 0.05) is 24.7 Å². The first-order valence-corrected chi connectivity index (χ1v) is 11.9. The summed E-state index contributed by atoms with van der Waals surface area (Å²) in [4.78, 5) is 14.6. The third-order valence-corrected chi connectivity index (χ3v) is 7.71. The molecule has 0 radical (unpaired) electrons. The Kier molecular flexibility index (Phi) is 5.93. The molecule has 0 saturated heterocycles. The van der Waals surface area contributed by atoms with Crippen molar-refractivity contribution < 1.29 is 17.9 Å². The van der Waals surface area contributed by atoms with E-state index in [0.29, 0.717) is 17.9 Å². The predicted octanol–water partition coefficient (Wildman–Crippen LogP) is 4.78. The Morgan fingerprint density at radius 1 is 1.00 bits per heavy atom. The number of fused-ring (bicyclic) bond motifs is 1. The number of methoxy groups -OCH3 is 1. The van der Waals surface area contributed by atoms with Crippen LogP contribution in [0.25, 0.3) is 0 Å². The zero-order chi connectivity index (χ0) is 22.9. The second kappa shape index (κ2) is 8.67. The average molecular weight is 451 g/mol. The molecule has 0 saturated carbocycles. The third kappa shape index (κ3) is 3.84. The maximum atomic E-state index is 13.7. The molecule has 0 unspecified atom stereocenters. The highest BCUT2D eigenvalue weighted by molar-refractivity contribution is 7.92. The van der Waals surface area contributed by atoms with Crippen LogP contribution in [-0.4, -0.2) is 27.5 Å². The molecule has 166 valence electrons. The van der Waals surface area contributed by atoms with E-state index in [4.69, 9.17) is 4.74 Å². The zero-order valence-electron chi connectivity index (χ0n) is 18.3. The number of para-hydroxylation sites is 2. The maximum absolute atomic E-state index is 13.7. The molecular weight excluding hydrogens is 424 g/mol. The molecule has 0 spiro atoms. The van der Waals surface area contributed by atoms with Gasteiger partial charge in [0.15, 0.2) is 0 Å². The molecule has 0 bridgehead atoms. The van der Waals surface area contributed by atoms with Gasteiger partial charge >= 0.3 is 0 Å². The van der Waals surface area contributed by atoms with Gasteiger partial charge in [0.2, 0.25) is 5.91 Å². The lowest BCUT2D eigenvalue weighted by molar-refractivity contribution is -0.117. The van der Waals surface area contributed by atoms with E-state index < -0.39 is 10.0 Å². The quantitative estimate of drug-likeness (QED) is 0.561. The fourth-order valence-electron chi connectivity index (χ4n) is 4.41. The van der Waals surface area contributed by atoms with Gasteiger partial charge in [-0.05, 0) is 49.2 Å². The Hall–Kier alpha value is -3.32. The molecule has 4 rings (SSSR count). The summed E-state index contributed by atoms with van der Waals surface area (Å²) in [5.74, 6) is 0.390. The summed E-state index contributed by atoms with van der Waals surface area (Å²) in [6.45, 7) is 3.42. The maximum Gasteiger partial charge on any atom is 0.264 e. The summed E-state index contributed by atoms with van der Waals surface area (Å²) >= 11 is 0. The van der Waals surface area contributed by atoms with Crippen molar-refractivity contribution in [1.29, 1.82) is 0 Å². The minimum absolute atomic E-state index is 0.0905. The van der Waals surface area contributed by atoms with E-state index in [9.17, 15) is 13.2 Å². The molecule has 0 N–H and O–H groups in total. The topological polar surface area (TPSA) is 66.9 Å². The van der Waals surface area contributed by atoms with Gasteiger partial charge in [-0.15, -0.1) is 0 Å². The molecule has 1 heterocycles. The van der Waals surface area contributed by atoms with E-state index in [2.05, 4.69) is 0 Å². The number of rotatable bonds is 5. The second-order valence-corrected chi connectivity index (χ2v) is 9.68. The Labute approximate surface area is 189 Å². The lowest BCUT2D eigenvalue weighted by atomic mass is 9.91. The Morgan fingerprint density at radius 3 is 2.38 bits per heavy atom. The van der Waals surface area contributed by atoms with Gasteiger partial charge in [0.25, 0.3) is 10.0 Å². The average Bonchev–Trinajstić information content (AvgIpc) is 2.79. The SMILES string of the molecule is COc1cccc(S(=O)(=O)N2c3ccccc3[C@@H](N(C(C)=O)c3ccccc3)C[C@H]2C)c1. The van der Waals surface area contributed by atoms with Crippen molar-refractivity contribution in [2.75, 3.05) is 16.3 Å². The smallest absolute Gasteiger partial charge is 0.264 e. The lowest BCUT2D eigenvalue weighted by Crippen LogP contribution is -2.47. The van der Waals surface area contributed by atoms with E-state index in [1.807, 2.05) is 55.5 Å². The monoisotopic (exact) mass is 450 g/mol. The predicted molar refractivity (Wildman–Crippen MR) is 126 cm³/mol. The van der Waals surface area contributed by atoms with Crippen LogP contribution in [0.4, 0.5) is 11.4 Å². The van der Waals surface area contributed by atoms with Crippen LogP contribution in [0, 0.1) is 0 Å². The number of hydrogen-bond donors (Lipinski definition) is 0. The number of hydrogen-bond acceptors (Lipinski definition) is 4. The molecule has 1 aliphatic heterocycles. The van der Waals surface area contributed by atoms with Gasteiger partial charge in [-0.2, -0.15) is 0 Å². The molecule has 7 heteroatoms. The minimum atomic E-state index is -3.84. The second-order valence-electron chi connectivity index (χ2n) is 7.86. The largest absolute Gasteiger partial charge is 0.497 e. The molecule has 3 aromatic carbocycles. The van der Waals surface area contributed by atoms with Crippen LogP contribution >= 0.6 is 0 Å². The molecule has 0 aliphatic carbocycles. The fourth-order valence-corrected chi connectivity index (χ4v) is 6.14. The van der Waals surface area contributed by atoms with Gasteiger partial charge in [-0.25, -0.2) is 8.42 Å². The number of anilines is 2. The van der Waals surface area contributed by atoms with Crippen molar-refractivity contribution in [3.05, 3.63) is 84.4 Å². The number of amides is 1. The zero-order valence-corrected chi connectivity index (χ0v) is 19.1. The number of sulfonamides is 1. The van der Waals surface area contributed by atoms with Crippen LogP contribution in [0.3, 0.4) is 0 Å². The van der Waals surface area contributed by atoms with E-state index in [1.165, 1.54) is 17.5 Å². The summed E-state index contributed by atoms with van der Waals surface area (Å²) in [7, 11) is -2.33. The van der Waals surface area contributed by atoms with Crippen molar-refractivity contribution in [1.82, 2.24) is 0 Å². The van der Waals surface area contributed by atoms with Crippen molar-refractivity contribution in [2.24, 2.45) is 0 Å². The highest BCUT2D eigenvalue weighted by atomic mass is 32.2. The van der Waals surface area contributed by atoms with Crippen molar-refractivity contribution in [2.45, 2.75) is 37.2 Å². The van der Waals surface area contributed by atoms with Gasteiger partial charge in [0.05, 0.1) is 23.7 Å². The molecule has 0 aromatic heterocycles. The first-order chi connectivity index (χ1) is 15.3. The van der Waals surface area contributed by atoms with E-state index in [-0.39, 0.29) is 22.9 Å². The van der Waals surface area contributed by atoms with Crippen LogP contribution in [0.2, 0.25) is 0 Å². The highest BCUT2D eigenvalue weighted by Gasteiger charge is 2.40. The molecule has 1 amide bonds. The standard InChI is InChI=1S/C25H26N2O4S/c1-18-16-25(26(19(2)28)20-10-5-4-6-11-20)23-14-7-8-15-24(23)27(18)32(29,30)22-13-9-12-21(17-22)31-3/h4-15,17-18,25H,16H2,1-3H3/t18-,25+/m1/s1. The van der Waals surface area contributed by atoms with Crippen molar-refractivity contribution in [3.8, 4) is 5.75 Å². The highest BCUT2D eigenvalue weighted by Crippen LogP contribution is 2.44. The number of benzene rings is 3. The van der Waals surface area contributed by atoms with E-state index in [0.717, 1.165) is 11.3 Å². The first-order valence-electron chi connectivity index (χ1n) is 10.5. The summed E-state index contributed by atoms with van der Waals surface area (Å²) in [5.41, 5.74) is 2.17. The fraction of sp³-hybridized carbons (Fsp3) is 0.240.